The van der Waals surface area contributed by atoms with Gasteiger partial charge >= 0.3 is 5.89 Å². The lowest BCUT2D eigenvalue weighted by atomic mass is 10.0. The first-order valence-electron chi connectivity index (χ1n) is 13.3. The van der Waals surface area contributed by atoms with Gasteiger partial charge in [-0.2, -0.15) is 21.4 Å². The summed E-state index contributed by atoms with van der Waals surface area (Å²) in [5.74, 6) is 0.821. The number of ether oxygens (including phenoxy) is 1. The predicted molar refractivity (Wildman–Crippen MR) is 160 cm³/mol. The van der Waals surface area contributed by atoms with Crippen molar-refractivity contribution in [1.82, 2.24) is 0 Å². The summed E-state index contributed by atoms with van der Waals surface area (Å²) in [6.07, 6.45) is 3.98. The second-order valence-corrected chi connectivity index (χ2v) is 13.2. The minimum absolute atomic E-state index is 0.175. The number of para-hydroxylation sites is 2. The number of oxazole rings is 1. The minimum atomic E-state index is -4.13. The maximum absolute atomic E-state index is 11.4. The van der Waals surface area contributed by atoms with Crippen molar-refractivity contribution in [2.24, 2.45) is 0 Å². The average Bonchev–Trinajstić information content (AvgIpc) is 3.44. The molecule has 10 nitrogen and oxygen atoms in total. The van der Waals surface area contributed by atoms with Crippen LogP contribution in [0, 0.1) is 0 Å². The number of hydrogen-bond acceptors (Lipinski definition) is 7. The number of fused-ring (bicyclic) bond motifs is 2. The Labute approximate surface area is 244 Å². The van der Waals surface area contributed by atoms with E-state index >= 15 is 0 Å². The van der Waals surface area contributed by atoms with Crippen molar-refractivity contribution >= 4 is 43.1 Å². The Morgan fingerprint density at radius 1 is 0.881 bits per heavy atom. The van der Waals surface area contributed by atoms with Gasteiger partial charge in [0.2, 0.25) is 11.5 Å². The standard InChI is InChI=1S/C30H30N2O8S2/c1-22(19-29-31(15-7-17-41(33,34)35)25-11-5-6-12-27(25)39-29)20-30-32(16-8-18-42(36,37)38)26-21-24(13-14-28(26)40-30)23-9-3-2-4-10-23/h2-6,9-14,19-21H,7-8,15-18H2,1H3,(H-,33,34,35,36,37,38)/p+1. The molecular weight excluding hydrogens is 580 g/mol. The zero-order valence-corrected chi connectivity index (χ0v) is 24.5. The monoisotopic (exact) mass is 611 g/mol. The molecule has 1 aliphatic heterocycles. The highest BCUT2D eigenvalue weighted by molar-refractivity contribution is 7.86. The summed E-state index contributed by atoms with van der Waals surface area (Å²) in [4.78, 5) is 1.88. The third-order valence-electron chi connectivity index (χ3n) is 6.74. The Morgan fingerprint density at radius 2 is 1.57 bits per heavy atom. The van der Waals surface area contributed by atoms with E-state index in [9.17, 15) is 25.9 Å². The third-order valence-corrected chi connectivity index (χ3v) is 8.35. The molecule has 0 spiro atoms. The van der Waals surface area contributed by atoms with Crippen molar-refractivity contribution in [3.05, 3.63) is 96.2 Å². The fourth-order valence-electron chi connectivity index (χ4n) is 4.88. The van der Waals surface area contributed by atoms with Gasteiger partial charge in [-0.1, -0.05) is 48.5 Å². The topological polar surface area (TPSA) is 138 Å². The van der Waals surface area contributed by atoms with Crippen LogP contribution in [0.2, 0.25) is 0 Å². The Morgan fingerprint density at radius 3 is 2.31 bits per heavy atom. The van der Waals surface area contributed by atoms with E-state index in [1.807, 2.05) is 95.3 Å². The van der Waals surface area contributed by atoms with Crippen LogP contribution in [0.25, 0.3) is 28.3 Å². The molecule has 0 fully saturated rings. The molecule has 42 heavy (non-hydrogen) atoms. The number of aromatic nitrogens is 1. The maximum atomic E-state index is 11.4. The molecule has 0 bridgehead atoms. The first-order chi connectivity index (χ1) is 20.0. The van der Waals surface area contributed by atoms with Crippen molar-refractivity contribution in [3.8, 4) is 16.9 Å². The van der Waals surface area contributed by atoms with Crippen LogP contribution in [0.5, 0.6) is 5.75 Å². The van der Waals surface area contributed by atoms with Crippen molar-refractivity contribution in [1.29, 1.82) is 0 Å². The Bertz CT molecular complexity index is 1880. The summed E-state index contributed by atoms with van der Waals surface area (Å²) in [5, 5.41) is 0. The van der Waals surface area contributed by atoms with Crippen LogP contribution in [0.1, 0.15) is 25.7 Å². The van der Waals surface area contributed by atoms with Gasteiger partial charge in [0.1, 0.15) is 0 Å². The molecule has 12 heteroatoms. The molecule has 2 heterocycles. The molecule has 3 aromatic carbocycles. The third kappa shape index (κ3) is 7.26. The summed E-state index contributed by atoms with van der Waals surface area (Å²) in [7, 11) is -8.22. The van der Waals surface area contributed by atoms with Crippen LogP contribution < -0.4 is 14.2 Å². The van der Waals surface area contributed by atoms with E-state index in [1.54, 1.807) is 6.08 Å². The highest BCUT2D eigenvalue weighted by Gasteiger charge is 2.28. The predicted octanol–water partition coefficient (Wildman–Crippen LogP) is 5.09. The Kier molecular flexibility index (Phi) is 8.50. The molecule has 2 N–H and O–H groups in total. The van der Waals surface area contributed by atoms with Crippen LogP contribution in [-0.4, -0.2) is 44.0 Å². The lowest BCUT2D eigenvalue weighted by Crippen LogP contribution is -2.36. The summed E-state index contributed by atoms with van der Waals surface area (Å²) >= 11 is 0. The van der Waals surface area contributed by atoms with Crippen molar-refractivity contribution in [2.45, 2.75) is 26.3 Å². The van der Waals surface area contributed by atoms with Gasteiger partial charge in [-0.05, 0) is 48.2 Å². The summed E-state index contributed by atoms with van der Waals surface area (Å²) in [6, 6.07) is 23.1. The second-order valence-electron chi connectivity index (χ2n) is 10.0. The Balaban J connectivity index is 1.48. The molecule has 220 valence electrons. The van der Waals surface area contributed by atoms with Gasteiger partial charge < -0.3 is 14.1 Å². The van der Waals surface area contributed by atoms with Crippen LogP contribution >= 0.6 is 0 Å². The number of benzene rings is 3. The first-order valence-corrected chi connectivity index (χ1v) is 16.6. The van der Waals surface area contributed by atoms with Gasteiger partial charge in [0.15, 0.2) is 12.3 Å². The maximum Gasteiger partial charge on any atom is 0.374 e. The fourth-order valence-corrected chi connectivity index (χ4v) is 5.87. The number of nitrogens with zero attached hydrogens (tertiary/aromatic N) is 2. The fraction of sp³-hybridized carbons (Fsp3) is 0.233. The largest absolute Gasteiger partial charge is 0.439 e. The smallest absolute Gasteiger partial charge is 0.374 e. The number of rotatable bonds is 11. The SMILES string of the molecule is CC(=Cc1oc2ccccc2[n+]1CCCS(=O)(=O)O)C=C1Oc2ccc(-c3ccccc3)cc2N1CCCS(=O)(=O)O. The number of allylic oxidation sites excluding steroid dienone is 2. The quantitative estimate of drug-likeness (QED) is 0.175. The van der Waals surface area contributed by atoms with Gasteiger partial charge in [-0.15, -0.1) is 0 Å². The van der Waals surface area contributed by atoms with Crippen molar-refractivity contribution in [3.63, 3.8) is 0 Å². The summed E-state index contributed by atoms with van der Waals surface area (Å²) < 4.78 is 77.9. The second kappa shape index (κ2) is 12.1. The van der Waals surface area contributed by atoms with Crippen molar-refractivity contribution < 1.29 is 39.7 Å². The lowest BCUT2D eigenvalue weighted by Gasteiger charge is -2.18. The summed E-state index contributed by atoms with van der Waals surface area (Å²) in [6.45, 7) is 2.45. The number of hydrogen-bond donors (Lipinski definition) is 2. The van der Waals surface area contributed by atoms with Gasteiger partial charge in [0, 0.05) is 25.1 Å². The molecule has 1 aliphatic rings. The van der Waals surface area contributed by atoms with Crippen molar-refractivity contribution in [2.75, 3.05) is 23.0 Å². The Hall–Kier alpha value is -3.97. The molecular formula is C30H31N2O8S2+. The van der Waals surface area contributed by atoms with Gasteiger partial charge in [0.05, 0.1) is 23.3 Å². The first kappa shape index (κ1) is 29.5. The normalized spacial score (nSPS) is 14.9. The van der Waals surface area contributed by atoms with E-state index in [1.165, 1.54) is 0 Å². The summed E-state index contributed by atoms with van der Waals surface area (Å²) in [5.41, 5.74) is 4.93. The van der Waals surface area contributed by atoms with E-state index < -0.39 is 20.2 Å². The molecule has 1 aromatic heterocycles. The average molecular weight is 612 g/mol. The molecule has 0 unspecified atom stereocenters. The minimum Gasteiger partial charge on any atom is -0.439 e. The molecule has 0 saturated carbocycles. The van der Waals surface area contributed by atoms with Gasteiger partial charge in [-0.3, -0.25) is 9.11 Å². The molecule has 0 aliphatic carbocycles. The molecule has 0 radical (unpaired) electrons. The van der Waals surface area contributed by atoms with E-state index in [2.05, 4.69) is 0 Å². The molecule has 0 atom stereocenters. The molecule has 5 rings (SSSR count). The zero-order chi connectivity index (χ0) is 29.9. The van der Waals surface area contributed by atoms with Gasteiger partial charge in [-0.25, -0.2) is 0 Å². The zero-order valence-electron chi connectivity index (χ0n) is 22.9. The van der Waals surface area contributed by atoms with Crippen LogP contribution in [-0.2, 0) is 26.8 Å². The van der Waals surface area contributed by atoms with Crippen LogP contribution in [0.3, 0.4) is 0 Å². The molecule has 0 saturated heterocycles. The number of anilines is 1. The van der Waals surface area contributed by atoms with Gasteiger partial charge in [0.25, 0.3) is 25.8 Å². The highest BCUT2D eigenvalue weighted by atomic mass is 32.2. The van der Waals surface area contributed by atoms with E-state index in [0.717, 1.165) is 27.9 Å². The van der Waals surface area contributed by atoms with E-state index in [-0.39, 0.29) is 30.9 Å². The molecule has 0 amide bonds. The molecule has 4 aromatic rings. The number of aryl methyl sites for hydroxylation is 1. The van der Waals surface area contributed by atoms with E-state index in [4.69, 9.17) is 9.15 Å². The van der Waals surface area contributed by atoms with Crippen LogP contribution in [0.4, 0.5) is 5.69 Å². The lowest BCUT2D eigenvalue weighted by molar-refractivity contribution is -0.677. The highest BCUT2D eigenvalue weighted by Crippen LogP contribution is 2.42. The van der Waals surface area contributed by atoms with E-state index in [0.29, 0.717) is 29.7 Å². The van der Waals surface area contributed by atoms with Crippen LogP contribution in [0.15, 0.2) is 94.7 Å².